The van der Waals surface area contributed by atoms with Crippen LogP contribution in [0.3, 0.4) is 0 Å². The van der Waals surface area contributed by atoms with Crippen molar-refractivity contribution in [3.8, 4) is 22.5 Å². The third-order valence-electron chi connectivity index (χ3n) is 12.8. The molecule has 0 amide bonds. The zero-order valence-corrected chi connectivity index (χ0v) is 32.2. The summed E-state index contributed by atoms with van der Waals surface area (Å²) in [5.41, 5.74) is 14.6. The van der Waals surface area contributed by atoms with E-state index < -0.39 is 5.41 Å². The molecule has 3 aromatic heterocycles. The van der Waals surface area contributed by atoms with E-state index in [1.165, 1.54) is 103 Å². The highest BCUT2D eigenvalue weighted by Gasteiger charge is 2.45. The van der Waals surface area contributed by atoms with Crippen LogP contribution in [-0.4, -0.2) is 9.13 Å². The van der Waals surface area contributed by atoms with E-state index >= 15 is 0 Å². The maximum Gasteiger partial charge on any atom is 0.0713 e. The van der Waals surface area contributed by atoms with Crippen molar-refractivity contribution in [3.05, 3.63) is 229 Å². The normalized spacial score (nSPS) is 13.3. The van der Waals surface area contributed by atoms with E-state index in [1.54, 1.807) is 0 Å². The third kappa shape index (κ3) is 4.16. The van der Waals surface area contributed by atoms with Crippen LogP contribution in [0.1, 0.15) is 22.3 Å². The largest absolute Gasteiger partial charge is 0.309 e. The fourth-order valence-electron chi connectivity index (χ4n) is 10.5. The summed E-state index contributed by atoms with van der Waals surface area (Å²) in [5.74, 6) is 0. The number of fused-ring (bicyclic) bond motifs is 13. The average molecular weight is 755 g/mol. The van der Waals surface area contributed by atoms with Gasteiger partial charge < -0.3 is 9.13 Å². The molecule has 2 nitrogen and oxygen atoms in total. The first kappa shape index (κ1) is 31.9. The molecule has 9 aromatic carbocycles. The molecule has 0 N–H and O–H groups in total. The Hall–Kier alpha value is -7.20. The van der Waals surface area contributed by atoms with Crippen LogP contribution in [0.25, 0.3) is 86.3 Å². The highest BCUT2D eigenvalue weighted by Crippen LogP contribution is 2.56. The van der Waals surface area contributed by atoms with Crippen LogP contribution in [0.5, 0.6) is 0 Å². The van der Waals surface area contributed by atoms with Gasteiger partial charge in [0.2, 0.25) is 0 Å². The Labute approximate surface area is 339 Å². The summed E-state index contributed by atoms with van der Waals surface area (Å²) in [4.78, 5) is 0. The second-order valence-corrected chi connectivity index (χ2v) is 16.7. The van der Waals surface area contributed by atoms with Crippen molar-refractivity contribution in [2.24, 2.45) is 0 Å². The molecule has 58 heavy (non-hydrogen) atoms. The highest BCUT2D eigenvalue weighted by atomic mass is 32.1. The van der Waals surface area contributed by atoms with E-state index in [4.69, 9.17) is 0 Å². The minimum absolute atomic E-state index is 0.437. The fraction of sp³-hybridized carbons (Fsp3) is 0.0182. The van der Waals surface area contributed by atoms with E-state index in [9.17, 15) is 0 Å². The summed E-state index contributed by atoms with van der Waals surface area (Å²) in [6, 6.07) is 76.7. The third-order valence-corrected chi connectivity index (χ3v) is 13.9. The van der Waals surface area contributed by atoms with Crippen molar-refractivity contribution >= 4 is 75.1 Å². The molecule has 0 unspecified atom stereocenters. The fourth-order valence-corrected chi connectivity index (χ4v) is 11.6. The van der Waals surface area contributed by atoms with E-state index in [0.717, 1.165) is 5.69 Å². The molecule has 0 fully saturated rings. The SMILES string of the molecule is c1ccc(-n2c3cc4c(cc3c3ccc5sc6ccccc6c5c32)c2ccccc2n4-c2ccc(C3(c4ccccc4)c4ccccc4-c4ccccc43)cc2)cc1. The first-order valence-electron chi connectivity index (χ1n) is 20.0. The van der Waals surface area contributed by atoms with Crippen molar-refractivity contribution in [1.82, 2.24) is 9.13 Å². The predicted molar refractivity (Wildman–Crippen MR) is 245 cm³/mol. The lowest BCUT2D eigenvalue weighted by Gasteiger charge is -2.34. The molecule has 0 saturated heterocycles. The van der Waals surface area contributed by atoms with Crippen LogP contribution in [0.4, 0.5) is 0 Å². The standard InChI is InChI=1S/C55H34N2S/c1-3-15-35(16-4-1)55(46-23-11-7-19-39(46)40-20-8-12-24-47(40)55)36-27-29-38(30-28-36)56-48-25-13-9-21-41(48)44-33-45-42-31-32-52-53(43-22-10-14-26-51(43)58-52)54(42)57(50(45)34-49(44)56)37-17-5-2-6-18-37/h1-34H. The summed E-state index contributed by atoms with van der Waals surface area (Å²) in [7, 11) is 0. The van der Waals surface area contributed by atoms with Gasteiger partial charge in [0.1, 0.15) is 0 Å². The second kappa shape index (κ2) is 11.9. The number of aromatic nitrogens is 2. The lowest BCUT2D eigenvalue weighted by molar-refractivity contribution is 0.768. The molecular weight excluding hydrogens is 721 g/mol. The van der Waals surface area contributed by atoms with Crippen LogP contribution >= 0.6 is 11.3 Å². The van der Waals surface area contributed by atoms with Crippen molar-refractivity contribution in [3.63, 3.8) is 0 Å². The van der Waals surface area contributed by atoms with Gasteiger partial charge in [-0.2, -0.15) is 0 Å². The van der Waals surface area contributed by atoms with Crippen molar-refractivity contribution in [2.75, 3.05) is 0 Å². The number of hydrogen-bond donors (Lipinski definition) is 0. The van der Waals surface area contributed by atoms with Crippen LogP contribution in [0.15, 0.2) is 206 Å². The van der Waals surface area contributed by atoms with Crippen molar-refractivity contribution in [1.29, 1.82) is 0 Å². The van der Waals surface area contributed by atoms with Gasteiger partial charge in [0, 0.05) is 53.1 Å². The number of thiophene rings is 1. The zero-order valence-electron chi connectivity index (χ0n) is 31.4. The summed E-state index contributed by atoms with van der Waals surface area (Å²) in [5, 5.41) is 7.70. The highest BCUT2D eigenvalue weighted by molar-refractivity contribution is 7.26. The molecule has 12 aromatic rings. The quantitative estimate of drug-likeness (QED) is 0.169. The van der Waals surface area contributed by atoms with E-state index in [-0.39, 0.29) is 0 Å². The van der Waals surface area contributed by atoms with Crippen LogP contribution < -0.4 is 0 Å². The van der Waals surface area contributed by atoms with Gasteiger partial charge >= 0.3 is 0 Å². The van der Waals surface area contributed by atoms with E-state index in [0.29, 0.717) is 0 Å². The van der Waals surface area contributed by atoms with Crippen LogP contribution in [-0.2, 0) is 5.41 Å². The topological polar surface area (TPSA) is 9.86 Å². The Kier molecular flexibility index (Phi) is 6.56. The summed E-state index contributed by atoms with van der Waals surface area (Å²) < 4.78 is 7.62. The summed E-state index contributed by atoms with van der Waals surface area (Å²) in [6.45, 7) is 0. The Balaban J connectivity index is 1.09. The van der Waals surface area contributed by atoms with Crippen molar-refractivity contribution in [2.45, 2.75) is 5.41 Å². The Bertz CT molecular complexity index is 3560. The lowest BCUT2D eigenvalue weighted by atomic mass is 9.68. The molecule has 1 aliphatic carbocycles. The van der Waals surface area contributed by atoms with Crippen LogP contribution in [0.2, 0.25) is 0 Å². The van der Waals surface area contributed by atoms with Gasteiger partial charge in [-0.25, -0.2) is 0 Å². The Morgan fingerprint density at radius 1 is 0.345 bits per heavy atom. The van der Waals surface area contributed by atoms with Gasteiger partial charge in [0.05, 0.1) is 27.5 Å². The van der Waals surface area contributed by atoms with Gasteiger partial charge in [0.15, 0.2) is 0 Å². The Morgan fingerprint density at radius 3 is 1.67 bits per heavy atom. The lowest BCUT2D eigenvalue weighted by Crippen LogP contribution is -2.28. The number of para-hydroxylation sites is 2. The van der Waals surface area contributed by atoms with Crippen molar-refractivity contribution < 1.29 is 0 Å². The molecule has 3 heteroatoms. The molecule has 0 atom stereocenters. The summed E-state index contributed by atoms with van der Waals surface area (Å²) in [6.07, 6.45) is 0. The minimum Gasteiger partial charge on any atom is -0.309 e. The molecular formula is C55H34N2S. The molecule has 1 aliphatic rings. The molecule has 0 bridgehead atoms. The number of benzene rings is 9. The van der Waals surface area contributed by atoms with Gasteiger partial charge in [-0.3, -0.25) is 0 Å². The molecule has 0 spiro atoms. The van der Waals surface area contributed by atoms with Gasteiger partial charge in [0.25, 0.3) is 0 Å². The van der Waals surface area contributed by atoms with Gasteiger partial charge in [-0.1, -0.05) is 152 Å². The first-order valence-corrected chi connectivity index (χ1v) is 20.8. The predicted octanol–water partition coefficient (Wildman–Crippen LogP) is 14.6. The molecule has 13 rings (SSSR count). The zero-order chi connectivity index (χ0) is 38.0. The van der Waals surface area contributed by atoms with Gasteiger partial charge in [-0.05, 0) is 88.0 Å². The average Bonchev–Trinajstić information content (AvgIpc) is 4.01. The molecule has 0 saturated carbocycles. The maximum absolute atomic E-state index is 2.51. The molecule has 270 valence electrons. The Morgan fingerprint density at radius 2 is 0.914 bits per heavy atom. The first-order chi connectivity index (χ1) is 28.8. The van der Waals surface area contributed by atoms with E-state index in [1.807, 2.05) is 11.3 Å². The summed E-state index contributed by atoms with van der Waals surface area (Å²) >= 11 is 1.88. The number of nitrogens with zero attached hydrogens (tertiary/aromatic N) is 2. The number of hydrogen-bond acceptors (Lipinski definition) is 1. The van der Waals surface area contributed by atoms with E-state index in [2.05, 4.69) is 215 Å². The molecule has 0 radical (unpaired) electrons. The smallest absolute Gasteiger partial charge is 0.0713 e. The monoisotopic (exact) mass is 754 g/mol. The van der Waals surface area contributed by atoms with Crippen LogP contribution in [0, 0.1) is 0 Å². The number of rotatable bonds is 4. The maximum atomic E-state index is 2.51. The molecule has 3 heterocycles. The second-order valence-electron chi connectivity index (χ2n) is 15.6. The van der Waals surface area contributed by atoms with Gasteiger partial charge in [-0.15, -0.1) is 11.3 Å². The molecule has 0 aliphatic heterocycles. The minimum atomic E-state index is -0.437.